The fraction of sp³-hybridized carbons (Fsp3) is 0.917. The molecule has 0 aromatic rings. The highest BCUT2D eigenvalue weighted by molar-refractivity contribution is 5.85. The summed E-state index contributed by atoms with van der Waals surface area (Å²) in [6.07, 6.45) is 5.45. The lowest BCUT2D eigenvalue weighted by atomic mass is 10.0. The molecular formula is C12H23ClN2O2. The lowest BCUT2D eigenvalue weighted by Crippen LogP contribution is -2.50. The van der Waals surface area contributed by atoms with E-state index < -0.39 is 0 Å². The molecule has 100 valence electrons. The van der Waals surface area contributed by atoms with Gasteiger partial charge in [-0.05, 0) is 39.2 Å². The van der Waals surface area contributed by atoms with Crippen molar-refractivity contribution in [2.75, 3.05) is 19.7 Å². The second-order valence-corrected chi connectivity index (χ2v) is 5.12. The van der Waals surface area contributed by atoms with Crippen molar-refractivity contribution in [2.24, 2.45) is 0 Å². The quantitative estimate of drug-likeness (QED) is 0.805. The number of hydrogen-bond donors (Lipinski definition) is 2. The molecule has 0 saturated carbocycles. The first-order valence-corrected chi connectivity index (χ1v) is 6.35. The fourth-order valence-electron chi connectivity index (χ4n) is 2.45. The van der Waals surface area contributed by atoms with Gasteiger partial charge in [0.25, 0.3) is 0 Å². The Balaban J connectivity index is 0.00000144. The molecule has 1 unspecified atom stereocenters. The molecule has 0 aliphatic carbocycles. The molecule has 2 N–H and O–H groups in total. The molecule has 0 radical (unpaired) electrons. The highest BCUT2D eigenvalue weighted by Gasteiger charge is 2.31. The van der Waals surface area contributed by atoms with Crippen LogP contribution in [-0.4, -0.2) is 37.2 Å². The van der Waals surface area contributed by atoms with E-state index in [0.29, 0.717) is 6.54 Å². The molecule has 2 atom stereocenters. The summed E-state index contributed by atoms with van der Waals surface area (Å²) in [6, 6.07) is 0.0127. The number of rotatable bonds is 3. The molecule has 2 heterocycles. The molecule has 4 nitrogen and oxygen atoms in total. The van der Waals surface area contributed by atoms with Crippen LogP contribution in [0.1, 0.15) is 39.0 Å². The van der Waals surface area contributed by atoms with Gasteiger partial charge in [-0.15, -0.1) is 12.4 Å². The third kappa shape index (κ3) is 4.12. The summed E-state index contributed by atoms with van der Waals surface area (Å²) in [7, 11) is 0. The van der Waals surface area contributed by atoms with E-state index in [1.807, 2.05) is 0 Å². The van der Waals surface area contributed by atoms with Gasteiger partial charge in [-0.3, -0.25) is 4.79 Å². The van der Waals surface area contributed by atoms with Gasteiger partial charge in [0.1, 0.15) is 0 Å². The zero-order chi connectivity index (χ0) is 11.4. The van der Waals surface area contributed by atoms with Crippen molar-refractivity contribution in [3.8, 4) is 0 Å². The van der Waals surface area contributed by atoms with Gasteiger partial charge < -0.3 is 15.4 Å². The third-order valence-electron chi connectivity index (χ3n) is 3.56. The molecule has 5 heteroatoms. The number of hydrogen-bond acceptors (Lipinski definition) is 3. The SMILES string of the molecule is CC1(CNC(=O)[C@H]2CCCCN2)CCCO1.Cl. The zero-order valence-electron chi connectivity index (χ0n) is 10.5. The maximum atomic E-state index is 11.9. The van der Waals surface area contributed by atoms with Gasteiger partial charge in [0.2, 0.25) is 5.91 Å². The minimum Gasteiger partial charge on any atom is -0.373 e. The van der Waals surface area contributed by atoms with Crippen molar-refractivity contribution in [2.45, 2.75) is 50.7 Å². The van der Waals surface area contributed by atoms with Crippen molar-refractivity contribution < 1.29 is 9.53 Å². The lowest BCUT2D eigenvalue weighted by molar-refractivity contribution is -0.124. The predicted molar refractivity (Wildman–Crippen MR) is 69.5 cm³/mol. The third-order valence-corrected chi connectivity index (χ3v) is 3.56. The molecule has 2 aliphatic rings. The monoisotopic (exact) mass is 262 g/mol. The number of carbonyl (C=O) groups excluding carboxylic acids is 1. The fourth-order valence-corrected chi connectivity index (χ4v) is 2.45. The molecular weight excluding hydrogens is 240 g/mol. The number of halogens is 1. The van der Waals surface area contributed by atoms with Crippen LogP contribution in [0.4, 0.5) is 0 Å². The van der Waals surface area contributed by atoms with Crippen LogP contribution >= 0.6 is 12.4 Å². The molecule has 0 aromatic heterocycles. The minimum atomic E-state index is -0.135. The summed E-state index contributed by atoms with van der Waals surface area (Å²) < 4.78 is 5.64. The molecule has 0 bridgehead atoms. The van der Waals surface area contributed by atoms with Crippen molar-refractivity contribution in [3.05, 3.63) is 0 Å². The average molecular weight is 263 g/mol. The van der Waals surface area contributed by atoms with E-state index in [0.717, 1.165) is 38.8 Å². The van der Waals surface area contributed by atoms with Crippen LogP contribution in [-0.2, 0) is 9.53 Å². The molecule has 2 saturated heterocycles. The summed E-state index contributed by atoms with van der Waals surface area (Å²) in [5.74, 6) is 0.136. The number of carbonyl (C=O) groups is 1. The Morgan fingerprint density at radius 1 is 1.47 bits per heavy atom. The number of piperidine rings is 1. The van der Waals surface area contributed by atoms with Gasteiger partial charge in [-0.1, -0.05) is 6.42 Å². The molecule has 2 aliphatic heterocycles. The molecule has 2 rings (SSSR count). The van der Waals surface area contributed by atoms with E-state index in [-0.39, 0.29) is 30.0 Å². The van der Waals surface area contributed by atoms with E-state index >= 15 is 0 Å². The largest absolute Gasteiger partial charge is 0.373 e. The Kier molecular flexibility index (Phi) is 5.70. The summed E-state index contributed by atoms with van der Waals surface area (Å²) in [5.41, 5.74) is -0.135. The van der Waals surface area contributed by atoms with Crippen molar-refractivity contribution >= 4 is 18.3 Å². The standard InChI is InChI=1S/C12H22N2O2.ClH/c1-12(6-4-8-16-12)9-14-11(15)10-5-2-3-7-13-10;/h10,13H,2-9H2,1H3,(H,14,15);1H/t10-,12?;/m1./s1. The second-order valence-electron chi connectivity index (χ2n) is 5.12. The molecule has 2 fully saturated rings. The Labute approximate surface area is 109 Å². The Morgan fingerprint density at radius 2 is 2.29 bits per heavy atom. The van der Waals surface area contributed by atoms with Gasteiger partial charge in [0.15, 0.2) is 0 Å². The second kappa shape index (κ2) is 6.57. The first kappa shape index (κ1) is 14.7. The topological polar surface area (TPSA) is 50.4 Å². The smallest absolute Gasteiger partial charge is 0.237 e. The summed E-state index contributed by atoms with van der Waals surface area (Å²) in [4.78, 5) is 11.9. The van der Waals surface area contributed by atoms with Crippen LogP contribution in [0.3, 0.4) is 0 Å². The molecule has 0 aromatic carbocycles. The van der Waals surface area contributed by atoms with Crippen LogP contribution in [0.5, 0.6) is 0 Å². The maximum Gasteiger partial charge on any atom is 0.237 e. The highest BCUT2D eigenvalue weighted by Crippen LogP contribution is 2.23. The number of nitrogens with one attached hydrogen (secondary N) is 2. The van der Waals surface area contributed by atoms with Gasteiger partial charge in [0.05, 0.1) is 11.6 Å². The zero-order valence-corrected chi connectivity index (χ0v) is 11.3. The summed E-state index contributed by atoms with van der Waals surface area (Å²) in [6.45, 7) is 4.51. The predicted octanol–water partition coefficient (Wildman–Crippen LogP) is 1.24. The number of amides is 1. The van der Waals surface area contributed by atoms with E-state index in [1.54, 1.807) is 0 Å². The van der Waals surface area contributed by atoms with Crippen molar-refractivity contribution in [1.29, 1.82) is 0 Å². The average Bonchev–Trinajstić information content (AvgIpc) is 2.75. The number of ether oxygens (including phenoxy) is 1. The van der Waals surface area contributed by atoms with Crippen LogP contribution in [0.2, 0.25) is 0 Å². The minimum absolute atomic E-state index is 0. The Hall–Kier alpha value is -0.320. The van der Waals surface area contributed by atoms with Gasteiger partial charge in [-0.25, -0.2) is 0 Å². The van der Waals surface area contributed by atoms with Crippen LogP contribution in [0.15, 0.2) is 0 Å². The van der Waals surface area contributed by atoms with Gasteiger partial charge in [0, 0.05) is 13.2 Å². The maximum absolute atomic E-state index is 11.9. The van der Waals surface area contributed by atoms with E-state index in [1.165, 1.54) is 6.42 Å². The molecule has 0 spiro atoms. The van der Waals surface area contributed by atoms with Gasteiger partial charge >= 0.3 is 0 Å². The first-order valence-electron chi connectivity index (χ1n) is 6.35. The van der Waals surface area contributed by atoms with Crippen molar-refractivity contribution in [1.82, 2.24) is 10.6 Å². The summed E-state index contributed by atoms with van der Waals surface area (Å²) >= 11 is 0. The lowest BCUT2D eigenvalue weighted by Gasteiger charge is -2.27. The Morgan fingerprint density at radius 3 is 2.88 bits per heavy atom. The normalized spacial score (nSPS) is 32.9. The summed E-state index contributed by atoms with van der Waals surface area (Å²) in [5, 5.41) is 6.26. The molecule has 1 amide bonds. The van der Waals surface area contributed by atoms with Crippen LogP contribution in [0, 0.1) is 0 Å². The van der Waals surface area contributed by atoms with Crippen molar-refractivity contribution in [3.63, 3.8) is 0 Å². The first-order chi connectivity index (χ1) is 7.70. The van der Waals surface area contributed by atoms with E-state index in [9.17, 15) is 4.79 Å². The van der Waals surface area contributed by atoms with Gasteiger partial charge in [-0.2, -0.15) is 0 Å². The van der Waals surface area contributed by atoms with E-state index in [4.69, 9.17) is 4.74 Å². The Bertz CT molecular complexity index is 249. The van der Waals surface area contributed by atoms with Crippen LogP contribution in [0.25, 0.3) is 0 Å². The highest BCUT2D eigenvalue weighted by atomic mass is 35.5. The van der Waals surface area contributed by atoms with Crippen LogP contribution < -0.4 is 10.6 Å². The molecule has 17 heavy (non-hydrogen) atoms. The van der Waals surface area contributed by atoms with E-state index in [2.05, 4.69) is 17.6 Å².